The number of benzene rings is 1. The second-order valence-corrected chi connectivity index (χ2v) is 7.11. The molecule has 4 rings (SSSR count). The molecule has 0 amide bonds. The Kier molecular flexibility index (Phi) is 4.69. The molecule has 5 nitrogen and oxygen atoms in total. The molecule has 0 aliphatic rings. The lowest BCUT2D eigenvalue weighted by Gasteiger charge is -2.09. The first kappa shape index (κ1) is 17.0. The number of hydrogen-bond acceptors (Lipinski definition) is 5. The highest BCUT2D eigenvalue weighted by molar-refractivity contribution is 7.10. The smallest absolute Gasteiger partial charge is 0.144 e. The van der Waals surface area contributed by atoms with Gasteiger partial charge in [0.1, 0.15) is 11.8 Å². The van der Waals surface area contributed by atoms with Crippen molar-refractivity contribution < 1.29 is 0 Å². The number of aromatic nitrogens is 3. The van der Waals surface area contributed by atoms with Crippen LogP contribution in [-0.4, -0.2) is 14.8 Å². The van der Waals surface area contributed by atoms with E-state index in [1.54, 1.807) is 34.5 Å². The summed E-state index contributed by atoms with van der Waals surface area (Å²) in [4.78, 5) is 5.44. The van der Waals surface area contributed by atoms with E-state index in [9.17, 15) is 5.26 Å². The number of pyridine rings is 1. The van der Waals surface area contributed by atoms with Crippen molar-refractivity contribution in [3.05, 3.63) is 82.4 Å². The van der Waals surface area contributed by atoms with Crippen LogP contribution in [0, 0.1) is 18.3 Å². The zero-order valence-corrected chi connectivity index (χ0v) is 15.6. The second kappa shape index (κ2) is 7.44. The summed E-state index contributed by atoms with van der Waals surface area (Å²) in [6.45, 7) is 2.89. The van der Waals surface area contributed by atoms with Crippen LogP contribution >= 0.6 is 11.3 Å². The monoisotopic (exact) mass is 371 g/mol. The van der Waals surface area contributed by atoms with Gasteiger partial charge in [-0.3, -0.25) is 4.98 Å². The van der Waals surface area contributed by atoms with Gasteiger partial charge in [0.15, 0.2) is 0 Å². The fourth-order valence-electron chi connectivity index (χ4n) is 2.83. The van der Waals surface area contributed by atoms with Gasteiger partial charge in [-0.15, -0.1) is 11.3 Å². The highest BCUT2D eigenvalue weighted by Crippen LogP contribution is 2.23. The molecule has 27 heavy (non-hydrogen) atoms. The Hall–Kier alpha value is -3.43. The van der Waals surface area contributed by atoms with Crippen molar-refractivity contribution in [1.82, 2.24) is 14.8 Å². The quantitative estimate of drug-likeness (QED) is 0.548. The summed E-state index contributed by atoms with van der Waals surface area (Å²) in [5.41, 5.74) is 5.23. The fraction of sp³-hybridized carbons (Fsp3) is 0.0952. The first-order chi connectivity index (χ1) is 13.2. The Morgan fingerprint density at radius 3 is 2.85 bits per heavy atom. The van der Waals surface area contributed by atoms with Crippen molar-refractivity contribution in [2.24, 2.45) is 0 Å². The third kappa shape index (κ3) is 3.59. The zero-order chi connectivity index (χ0) is 18.6. The van der Waals surface area contributed by atoms with Crippen molar-refractivity contribution in [2.75, 3.05) is 5.32 Å². The molecule has 132 valence electrons. The van der Waals surface area contributed by atoms with Crippen molar-refractivity contribution in [2.45, 2.75) is 13.5 Å². The molecule has 0 spiro atoms. The average Bonchev–Trinajstić information content (AvgIpc) is 3.33. The van der Waals surface area contributed by atoms with E-state index >= 15 is 0 Å². The highest BCUT2D eigenvalue weighted by Gasteiger charge is 2.11. The Bertz CT molecular complexity index is 1110. The van der Waals surface area contributed by atoms with E-state index < -0.39 is 0 Å². The molecule has 3 heterocycles. The van der Waals surface area contributed by atoms with E-state index in [1.807, 2.05) is 36.4 Å². The van der Waals surface area contributed by atoms with Crippen LogP contribution in [0.2, 0.25) is 0 Å². The van der Waals surface area contributed by atoms with E-state index in [2.05, 4.69) is 39.8 Å². The van der Waals surface area contributed by atoms with E-state index in [1.165, 1.54) is 10.4 Å². The van der Waals surface area contributed by atoms with Crippen LogP contribution in [0.15, 0.2) is 66.3 Å². The van der Waals surface area contributed by atoms with Gasteiger partial charge >= 0.3 is 0 Å². The van der Waals surface area contributed by atoms with Crippen molar-refractivity contribution in [1.29, 1.82) is 5.26 Å². The topological polar surface area (TPSA) is 66.5 Å². The van der Waals surface area contributed by atoms with E-state index in [-0.39, 0.29) is 0 Å². The van der Waals surface area contributed by atoms with Gasteiger partial charge in [-0.1, -0.05) is 6.07 Å². The number of aryl methyl sites for hydroxylation is 1. The Balaban J connectivity index is 1.63. The van der Waals surface area contributed by atoms with Crippen LogP contribution in [0.1, 0.15) is 16.1 Å². The molecule has 1 aromatic carbocycles. The van der Waals surface area contributed by atoms with Gasteiger partial charge in [0.05, 0.1) is 11.4 Å². The summed E-state index contributed by atoms with van der Waals surface area (Å²) in [6, 6.07) is 17.9. The lowest BCUT2D eigenvalue weighted by Crippen LogP contribution is -2.02. The molecule has 0 radical (unpaired) electrons. The molecule has 0 atom stereocenters. The van der Waals surface area contributed by atoms with Gasteiger partial charge in [-0.25, -0.2) is 4.68 Å². The maximum absolute atomic E-state index is 9.53. The molecule has 0 saturated heterocycles. The molecular formula is C21H17N5S. The molecule has 1 N–H and O–H groups in total. The van der Waals surface area contributed by atoms with E-state index in [0.717, 1.165) is 29.2 Å². The van der Waals surface area contributed by atoms with Crippen LogP contribution < -0.4 is 5.32 Å². The maximum Gasteiger partial charge on any atom is 0.144 e. The number of thiophene rings is 1. The van der Waals surface area contributed by atoms with Gasteiger partial charge in [0.2, 0.25) is 0 Å². The standard InChI is InChI=1S/C21H17N5S/c1-15-7-9-27-21(15)14-24-17-5-2-6-18(10-17)26-19(12-22)11-20(25-26)16-4-3-8-23-13-16/h2-11,13,24H,14H2,1H3. The third-order valence-electron chi connectivity index (χ3n) is 4.29. The minimum absolute atomic E-state index is 0.486. The van der Waals surface area contributed by atoms with Crippen LogP contribution in [0.3, 0.4) is 0 Å². The molecule has 4 aromatic rings. The summed E-state index contributed by atoms with van der Waals surface area (Å²) in [7, 11) is 0. The summed E-state index contributed by atoms with van der Waals surface area (Å²) in [5.74, 6) is 0. The van der Waals surface area contributed by atoms with Gasteiger partial charge in [0.25, 0.3) is 0 Å². The SMILES string of the molecule is Cc1ccsc1CNc1cccc(-n2nc(-c3cccnc3)cc2C#N)c1. The van der Waals surface area contributed by atoms with Gasteiger partial charge < -0.3 is 5.32 Å². The molecule has 0 fully saturated rings. The molecule has 0 aliphatic heterocycles. The summed E-state index contributed by atoms with van der Waals surface area (Å²) >= 11 is 1.75. The van der Waals surface area contributed by atoms with Crippen LogP contribution in [0.25, 0.3) is 16.9 Å². The van der Waals surface area contributed by atoms with Crippen molar-refractivity contribution in [3.8, 4) is 23.0 Å². The molecule has 6 heteroatoms. The van der Waals surface area contributed by atoms with Gasteiger partial charge in [-0.05, 0) is 54.3 Å². The fourth-order valence-corrected chi connectivity index (χ4v) is 3.67. The summed E-state index contributed by atoms with van der Waals surface area (Å²) < 4.78 is 1.67. The average molecular weight is 371 g/mol. The second-order valence-electron chi connectivity index (χ2n) is 6.11. The van der Waals surface area contributed by atoms with Crippen molar-refractivity contribution >= 4 is 17.0 Å². The maximum atomic E-state index is 9.53. The Morgan fingerprint density at radius 1 is 1.19 bits per heavy atom. The minimum atomic E-state index is 0.486. The highest BCUT2D eigenvalue weighted by atomic mass is 32.1. The van der Waals surface area contributed by atoms with Crippen LogP contribution in [0.4, 0.5) is 5.69 Å². The van der Waals surface area contributed by atoms with Crippen molar-refractivity contribution in [3.63, 3.8) is 0 Å². The first-order valence-corrected chi connectivity index (χ1v) is 9.40. The molecule has 0 bridgehead atoms. The molecule has 3 aromatic heterocycles. The predicted molar refractivity (Wildman–Crippen MR) is 108 cm³/mol. The van der Waals surface area contributed by atoms with E-state index in [4.69, 9.17) is 0 Å². The molecule has 0 aliphatic carbocycles. The summed E-state index contributed by atoms with van der Waals surface area (Å²) in [6.07, 6.45) is 3.46. The van der Waals surface area contributed by atoms with Gasteiger partial charge in [0, 0.05) is 41.1 Å². The normalized spacial score (nSPS) is 10.5. The number of hydrogen-bond donors (Lipinski definition) is 1. The van der Waals surface area contributed by atoms with E-state index in [0.29, 0.717) is 5.69 Å². The predicted octanol–water partition coefficient (Wildman–Crippen LogP) is 4.79. The number of rotatable bonds is 5. The largest absolute Gasteiger partial charge is 0.380 e. The lowest BCUT2D eigenvalue weighted by atomic mass is 10.2. The molecule has 0 unspecified atom stereocenters. The number of anilines is 1. The first-order valence-electron chi connectivity index (χ1n) is 8.52. The number of nitrogens with zero attached hydrogens (tertiary/aromatic N) is 4. The van der Waals surface area contributed by atoms with Crippen LogP contribution in [-0.2, 0) is 6.54 Å². The Labute approximate surface area is 161 Å². The third-order valence-corrected chi connectivity index (χ3v) is 5.32. The molecule has 0 saturated carbocycles. The summed E-state index contributed by atoms with van der Waals surface area (Å²) in [5, 5.41) is 19.7. The number of nitriles is 1. The van der Waals surface area contributed by atoms with Crippen LogP contribution in [0.5, 0.6) is 0 Å². The van der Waals surface area contributed by atoms with Gasteiger partial charge in [-0.2, -0.15) is 10.4 Å². The molecular weight excluding hydrogens is 354 g/mol. The zero-order valence-electron chi connectivity index (χ0n) is 14.8. The lowest BCUT2D eigenvalue weighted by molar-refractivity contribution is 0.869. The minimum Gasteiger partial charge on any atom is -0.380 e. The Morgan fingerprint density at radius 2 is 2.11 bits per heavy atom. The number of nitrogens with one attached hydrogen (secondary N) is 1.